The first-order chi connectivity index (χ1) is 9.78. The van der Waals surface area contributed by atoms with Crippen molar-refractivity contribution in [2.24, 2.45) is 0 Å². The van der Waals surface area contributed by atoms with Crippen LogP contribution in [0.15, 0.2) is 41.0 Å². The van der Waals surface area contributed by atoms with Gasteiger partial charge in [0.2, 0.25) is 0 Å². The van der Waals surface area contributed by atoms with Gasteiger partial charge in [0.1, 0.15) is 5.76 Å². The maximum atomic E-state index is 5.45. The van der Waals surface area contributed by atoms with Crippen LogP contribution in [-0.4, -0.2) is 14.2 Å². The number of nitrogens with one attached hydrogen (secondary N) is 1. The molecule has 1 aromatic carbocycles. The first-order valence-electron chi connectivity index (χ1n) is 6.76. The van der Waals surface area contributed by atoms with E-state index in [4.69, 9.17) is 13.9 Å². The molecular formula is C16H21NO3. The maximum absolute atomic E-state index is 5.45. The van der Waals surface area contributed by atoms with Gasteiger partial charge in [-0.1, -0.05) is 13.0 Å². The number of ether oxygens (including phenoxy) is 2. The second-order valence-corrected chi connectivity index (χ2v) is 4.55. The molecule has 0 aliphatic carbocycles. The molecule has 1 atom stereocenters. The van der Waals surface area contributed by atoms with Crippen molar-refractivity contribution in [3.05, 3.63) is 47.9 Å². The zero-order chi connectivity index (χ0) is 14.4. The summed E-state index contributed by atoms with van der Waals surface area (Å²) in [7, 11) is 3.28. The molecule has 108 valence electrons. The number of hydrogen-bond acceptors (Lipinski definition) is 4. The van der Waals surface area contributed by atoms with Crippen LogP contribution in [0.25, 0.3) is 0 Å². The van der Waals surface area contributed by atoms with Crippen LogP contribution in [0, 0.1) is 0 Å². The fraction of sp³-hybridized carbons (Fsp3) is 0.375. The van der Waals surface area contributed by atoms with Gasteiger partial charge in [-0.3, -0.25) is 0 Å². The Labute approximate surface area is 119 Å². The normalized spacial score (nSPS) is 12.2. The van der Waals surface area contributed by atoms with E-state index in [2.05, 4.69) is 12.2 Å². The van der Waals surface area contributed by atoms with E-state index < -0.39 is 0 Å². The van der Waals surface area contributed by atoms with Gasteiger partial charge in [-0.05, 0) is 36.2 Å². The molecule has 4 heteroatoms. The maximum Gasteiger partial charge on any atom is 0.161 e. The lowest BCUT2D eigenvalue weighted by molar-refractivity contribution is 0.354. The van der Waals surface area contributed by atoms with Gasteiger partial charge in [0.25, 0.3) is 0 Å². The average molecular weight is 275 g/mol. The Morgan fingerprint density at radius 3 is 2.55 bits per heavy atom. The molecule has 2 aromatic rings. The summed E-state index contributed by atoms with van der Waals surface area (Å²) in [5.41, 5.74) is 1.15. The molecule has 0 saturated carbocycles. The van der Waals surface area contributed by atoms with Crippen LogP contribution in [0.5, 0.6) is 11.5 Å². The zero-order valence-corrected chi connectivity index (χ0v) is 12.2. The molecule has 0 aliphatic rings. The van der Waals surface area contributed by atoms with Crippen LogP contribution < -0.4 is 14.8 Å². The van der Waals surface area contributed by atoms with Crippen molar-refractivity contribution in [2.45, 2.75) is 25.9 Å². The van der Waals surface area contributed by atoms with Crippen molar-refractivity contribution < 1.29 is 13.9 Å². The molecule has 0 saturated heterocycles. The van der Waals surface area contributed by atoms with Crippen molar-refractivity contribution in [3.8, 4) is 11.5 Å². The molecule has 4 nitrogen and oxygen atoms in total. The zero-order valence-electron chi connectivity index (χ0n) is 12.2. The van der Waals surface area contributed by atoms with E-state index in [0.717, 1.165) is 35.8 Å². The summed E-state index contributed by atoms with van der Waals surface area (Å²) >= 11 is 0. The fourth-order valence-corrected chi connectivity index (χ4v) is 2.17. The SMILES string of the molecule is CCC(NCc1ccc(OC)c(OC)c1)c1ccco1. The quantitative estimate of drug-likeness (QED) is 0.839. The summed E-state index contributed by atoms with van der Waals surface area (Å²) in [6.45, 7) is 2.88. The van der Waals surface area contributed by atoms with Crippen molar-refractivity contribution in [1.29, 1.82) is 0 Å². The van der Waals surface area contributed by atoms with Crippen LogP contribution >= 0.6 is 0 Å². The Morgan fingerprint density at radius 2 is 1.95 bits per heavy atom. The number of furan rings is 1. The molecule has 0 fully saturated rings. The monoisotopic (exact) mass is 275 g/mol. The topological polar surface area (TPSA) is 43.6 Å². The number of methoxy groups -OCH3 is 2. The van der Waals surface area contributed by atoms with Crippen LogP contribution in [0.4, 0.5) is 0 Å². The lowest BCUT2D eigenvalue weighted by Crippen LogP contribution is -2.19. The molecule has 1 heterocycles. The first-order valence-corrected chi connectivity index (χ1v) is 6.76. The highest BCUT2D eigenvalue weighted by molar-refractivity contribution is 5.42. The largest absolute Gasteiger partial charge is 0.493 e. The van der Waals surface area contributed by atoms with Gasteiger partial charge < -0.3 is 19.2 Å². The smallest absolute Gasteiger partial charge is 0.161 e. The predicted molar refractivity (Wildman–Crippen MR) is 78.1 cm³/mol. The van der Waals surface area contributed by atoms with Crippen molar-refractivity contribution >= 4 is 0 Å². The second-order valence-electron chi connectivity index (χ2n) is 4.55. The Hall–Kier alpha value is -1.94. The fourth-order valence-electron chi connectivity index (χ4n) is 2.17. The number of rotatable bonds is 7. The standard InChI is InChI=1S/C16H21NO3/c1-4-13(14-6-5-9-20-14)17-11-12-7-8-15(18-2)16(10-12)19-3/h5-10,13,17H,4,11H2,1-3H3. The lowest BCUT2D eigenvalue weighted by atomic mass is 10.1. The summed E-state index contributed by atoms with van der Waals surface area (Å²) < 4.78 is 16.0. The van der Waals surface area contributed by atoms with E-state index in [0.29, 0.717) is 0 Å². The van der Waals surface area contributed by atoms with Gasteiger partial charge in [-0.15, -0.1) is 0 Å². The van der Waals surface area contributed by atoms with E-state index in [-0.39, 0.29) is 6.04 Å². The highest BCUT2D eigenvalue weighted by Gasteiger charge is 2.12. The van der Waals surface area contributed by atoms with Gasteiger partial charge in [-0.25, -0.2) is 0 Å². The first kappa shape index (κ1) is 14.5. The summed E-state index contributed by atoms with van der Waals surface area (Å²) in [6, 6.07) is 10.1. The summed E-state index contributed by atoms with van der Waals surface area (Å²) in [4.78, 5) is 0. The number of hydrogen-bond donors (Lipinski definition) is 1. The van der Waals surface area contributed by atoms with Crippen LogP contribution in [0.3, 0.4) is 0 Å². The van der Waals surface area contributed by atoms with Crippen LogP contribution in [0.1, 0.15) is 30.7 Å². The molecule has 0 bridgehead atoms. The Balaban J connectivity index is 2.03. The summed E-state index contributed by atoms with van der Waals surface area (Å²) in [5.74, 6) is 2.46. The van der Waals surface area contributed by atoms with E-state index in [1.54, 1.807) is 20.5 Å². The van der Waals surface area contributed by atoms with Gasteiger partial charge in [0.15, 0.2) is 11.5 Å². The minimum Gasteiger partial charge on any atom is -0.493 e. The van der Waals surface area contributed by atoms with E-state index in [1.807, 2.05) is 30.3 Å². The Morgan fingerprint density at radius 1 is 1.15 bits per heavy atom. The van der Waals surface area contributed by atoms with Crippen molar-refractivity contribution in [1.82, 2.24) is 5.32 Å². The third-order valence-corrected chi connectivity index (χ3v) is 3.30. The van der Waals surface area contributed by atoms with Gasteiger partial charge in [0.05, 0.1) is 26.5 Å². The third-order valence-electron chi connectivity index (χ3n) is 3.30. The third kappa shape index (κ3) is 3.33. The summed E-state index contributed by atoms with van der Waals surface area (Å²) in [5, 5.41) is 3.49. The molecule has 20 heavy (non-hydrogen) atoms. The molecule has 0 spiro atoms. The Bertz CT molecular complexity index is 523. The van der Waals surface area contributed by atoms with E-state index in [9.17, 15) is 0 Å². The minimum atomic E-state index is 0.220. The molecule has 0 radical (unpaired) electrons. The Kier molecular flexibility index (Phi) is 5.07. The van der Waals surface area contributed by atoms with Crippen LogP contribution in [0.2, 0.25) is 0 Å². The molecule has 0 aliphatic heterocycles. The molecule has 0 amide bonds. The predicted octanol–water partition coefficient (Wildman–Crippen LogP) is 3.54. The van der Waals surface area contributed by atoms with E-state index >= 15 is 0 Å². The lowest BCUT2D eigenvalue weighted by Gasteiger charge is -2.15. The van der Waals surface area contributed by atoms with Crippen molar-refractivity contribution in [2.75, 3.05) is 14.2 Å². The highest BCUT2D eigenvalue weighted by Crippen LogP contribution is 2.28. The van der Waals surface area contributed by atoms with Crippen molar-refractivity contribution in [3.63, 3.8) is 0 Å². The molecule has 2 rings (SSSR count). The second kappa shape index (κ2) is 7.01. The molecule has 1 unspecified atom stereocenters. The number of benzene rings is 1. The molecular weight excluding hydrogens is 254 g/mol. The summed E-state index contributed by atoms with van der Waals surface area (Å²) in [6.07, 6.45) is 2.68. The minimum absolute atomic E-state index is 0.220. The molecule has 1 N–H and O–H groups in total. The highest BCUT2D eigenvalue weighted by atomic mass is 16.5. The van der Waals surface area contributed by atoms with Gasteiger partial charge in [-0.2, -0.15) is 0 Å². The van der Waals surface area contributed by atoms with Crippen LogP contribution in [-0.2, 0) is 6.54 Å². The average Bonchev–Trinajstić information content (AvgIpc) is 3.02. The molecule has 1 aromatic heterocycles. The van der Waals surface area contributed by atoms with E-state index in [1.165, 1.54) is 0 Å². The van der Waals surface area contributed by atoms with Gasteiger partial charge in [0, 0.05) is 6.54 Å². The van der Waals surface area contributed by atoms with Gasteiger partial charge >= 0.3 is 0 Å².